The van der Waals surface area contributed by atoms with Crippen LogP contribution in [0.4, 0.5) is 0 Å². The summed E-state index contributed by atoms with van der Waals surface area (Å²) in [5.74, 6) is 0. The molecule has 1 rings (SSSR count). The van der Waals surface area contributed by atoms with E-state index in [9.17, 15) is 8.42 Å². The zero-order chi connectivity index (χ0) is 13.8. The highest BCUT2D eigenvalue weighted by atomic mass is 32.2. The Labute approximate surface area is 110 Å². The number of hydrogen-bond donors (Lipinski definition) is 0. The van der Waals surface area contributed by atoms with Crippen LogP contribution in [0.3, 0.4) is 0 Å². The highest BCUT2D eigenvalue weighted by Gasteiger charge is 2.27. The second-order valence-corrected chi connectivity index (χ2v) is 6.22. The first kappa shape index (κ1) is 15.2. The van der Waals surface area contributed by atoms with Crippen LogP contribution in [-0.4, -0.2) is 35.6 Å². The predicted molar refractivity (Wildman–Crippen MR) is 72.0 cm³/mol. The minimum Gasteiger partial charge on any atom is -0.269 e. The topological polar surface area (TPSA) is 55.2 Å². The van der Waals surface area contributed by atoms with Gasteiger partial charge in [0.25, 0.3) is 0 Å². The highest BCUT2D eigenvalue weighted by molar-refractivity contribution is 7.89. The Balaban J connectivity index is 3.13. The molecule has 6 heteroatoms. The molecule has 104 valence electrons. The standard InChI is InChI=1S/C12H23N3O2S/c1-5-8-14(9-6-2)18(16,17)12-10-13-15(7-3)11(12)4/h10H,5-9H2,1-4H3. The molecular weight excluding hydrogens is 250 g/mol. The van der Waals surface area contributed by atoms with Crippen molar-refractivity contribution >= 4 is 10.0 Å². The molecule has 1 aromatic rings. The summed E-state index contributed by atoms with van der Waals surface area (Å²) in [6.45, 7) is 9.54. The Kier molecular flexibility index (Phi) is 5.34. The lowest BCUT2D eigenvalue weighted by molar-refractivity contribution is 0.409. The molecule has 1 aromatic heterocycles. The Hall–Kier alpha value is -0.880. The van der Waals surface area contributed by atoms with E-state index in [-0.39, 0.29) is 0 Å². The molecule has 0 amide bonds. The first-order valence-corrected chi connectivity index (χ1v) is 7.95. The van der Waals surface area contributed by atoms with Crippen LogP contribution in [0.1, 0.15) is 39.3 Å². The van der Waals surface area contributed by atoms with Gasteiger partial charge in [-0.05, 0) is 26.7 Å². The predicted octanol–water partition coefficient (Wildman–Crippen LogP) is 2.02. The minimum atomic E-state index is -3.40. The van der Waals surface area contributed by atoms with Crippen LogP contribution in [0.15, 0.2) is 11.1 Å². The van der Waals surface area contributed by atoms with Gasteiger partial charge in [-0.15, -0.1) is 0 Å². The summed E-state index contributed by atoms with van der Waals surface area (Å²) in [5.41, 5.74) is 0.717. The minimum absolute atomic E-state index is 0.339. The van der Waals surface area contributed by atoms with Crippen LogP contribution >= 0.6 is 0 Å². The maximum atomic E-state index is 12.5. The maximum Gasteiger partial charge on any atom is 0.246 e. The molecule has 0 unspecified atom stereocenters. The third-order valence-corrected chi connectivity index (χ3v) is 4.92. The van der Waals surface area contributed by atoms with Gasteiger partial charge in [-0.2, -0.15) is 9.40 Å². The van der Waals surface area contributed by atoms with Crippen molar-refractivity contribution in [2.75, 3.05) is 13.1 Å². The van der Waals surface area contributed by atoms with E-state index in [4.69, 9.17) is 0 Å². The third-order valence-electron chi connectivity index (χ3n) is 2.92. The SMILES string of the molecule is CCCN(CCC)S(=O)(=O)c1cnn(CC)c1C. The molecule has 0 fully saturated rings. The van der Waals surface area contributed by atoms with Crippen LogP contribution in [0, 0.1) is 6.92 Å². The van der Waals surface area contributed by atoms with Gasteiger partial charge in [-0.1, -0.05) is 13.8 Å². The van der Waals surface area contributed by atoms with Crippen molar-refractivity contribution in [1.29, 1.82) is 0 Å². The number of aryl methyl sites for hydroxylation is 1. The third kappa shape index (κ3) is 2.92. The lowest BCUT2D eigenvalue weighted by atomic mass is 10.4. The summed E-state index contributed by atoms with van der Waals surface area (Å²) in [6, 6.07) is 0. The average Bonchev–Trinajstić information content (AvgIpc) is 2.70. The maximum absolute atomic E-state index is 12.5. The molecule has 0 saturated carbocycles. The number of sulfonamides is 1. The normalized spacial score (nSPS) is 12.3. The Morgan fingerprint density at radius 2 is 1.78 bits per heavy atom. The van der Waals surface area contributed by atoms with Crippen molar-refractivity contribution in [3.8, 4) is 0 Å². The van der Waals surface area contributed by atoms with Gasteiger partial charge >= 0.3 is 0 Å². The number of aromatic nitrogens is 2. The van der Waals surface area contributed by atoms with Crippen LogP contribution in [-0.2, 0) is 16.6 Å². The van der Waals surface area contributed by atoms with E-state index in [0.717, 1.165) is 18.5 Å². The summed E-state index contributed by atoms with van der Waals surface area (Å²) in [5, 5.41) is 4.11. The fourth-order valence-electron chi connectivity index (χ4n) is 1.99. The van der Waals surface area contributed by atoms with Gasteiger partial charge in [0, 0.05) is 19.6 Å². The zero-order valence-corrected chi connectivity index (χ0v) is 12.5. The van der Waals surface area contributed by atoms with Gasteiger partial charge in [-0.3, -0.25) is 4.68 Å². The lowest BCUT2D eigenvalue weighted by Gasteiger charge is -2.20. The summed E-state index contributed by atoms with van der Waals surface area (Å²) in [4.78, 5) is 0.339. The van der Waals surface area contributed by atoms with E-state index >= 15 is 0 Å². The lowest BCUT2D eigenvalue weighted by Crippen LogP contribution is -2.32. The molecule has 0 saturated heterocycles. The second kappa shape index (κ2) is 6.33. The van der Waals surface area contributed by atoms with Crippen molar-refractivity contribution in [1.82, 2.24) is 14.1 Å². The monoisotopic (exact) mass is 273 g/mol. The Morgan fingerprint density at radius 1 is 1.22 bits per heavy atom. The van der Waals surface area contributed by atoms with E-state index < -0.39 is 10.0 Å². The van der Waals surface area contributed by atoms with Crippen LogP contribution < -0.4 is 0 Å². The van der Waals surface area contributed by atoms with Crippen LogP contribution in [0.25, 0.3) is 0 Å². The molecule has 0 bridgehead atoms. The summed E-state index contributed by atoms with van der Waals surface area (Å²) >= 11 is 0. The first-order chi connectivity index (χ1) is 8.48. The fourth-order valence-corrected chi connectivity index (χ4v) is 3.77. The molecule has 0 N–H and O–H groups in total. The second-order valence-electron chi connectivity index (χ2n) is 4.31. The molecule has 0 aliphatic rings. The van der Waals surface area contributed by atoms with Gasteiger partial charge in [-0.25, -0.2) is 8.42 Å². The fraction of sp³-hybridized carbons (Fsp3) is 0.750. The van der Waals surface area contributed by atoms with Gasteiger partial charge in [0.2, 0.25) is 10.0 Å². The molecule has 5 nitrogen and oxygen atoms in total. The average molecular weight is 273 g/mol. The molecule has 0 atom stereocenters. The van der Waals surface area contributed by atoms with E-state index in [2.05, 4.69) is 5.10 Å². The van der Waals surface area contributed by atoms with E-state index in [1.165, 1.54) is 6.20 Å². The van der Waals surface area contributed by atoms with Crippen molar-refractivity contribution < 1.29 is 8.42 Å². The molecule has 0 aliphatic heterocycles. The van der Waals surface area contributed by atoms with Gasteiger partial charge in [0.15, 0.2) is 0 Å². The van der Waals surface area contributed by atoms with Crippen molar-refractivity contribution in [3.63, 3.8) is 0 Å². The van der Waals surface area contributed by atoms with Crippen LogP contribution in [0.2, 0.25) is 0 Å². The Morgan fingerprint density at radius 3 is 2.17 bits per heavy atom. The van der Waals surface area contributed by atoms with Gasteiger partial charge < -0.3 is 0 Å². The molecular formula is C12H23N3O2S. The van der Waals surface area contributed by atoms with E-state index in [0.29, 0.717) is 24.5 Å². The van der Waals surface area contributed by atoms with Gasteiger partial charge in [0.05, 0.1) is 11.9 Å². The largest absolute Gasteiger partial charge is 0.269 e. The molecule has 0 aliphatic carbocycles. The van der Waals surface area contributed by atoms with Crippen molar-refractivity contribution in [2.45, 2.75) is 52.0 Å². The number of nitrogens with zero attached hydrogens (tertiary/aromatic N) is 3. The molecule has 18 heavy (non-hydrogen) atoms. The number of rotatable bonds is 7. The van der Waals surface area contributed by atoms with E-state index in [1.807, 2.05) is 20.8 Å². The molecule has 0 spiro atoms. The smallest absolute Gasteiger partial charge is 0.246 e. The van der Waals surface area contributed by atoms with E-state index in [1.54, 1.807) is 15.9 Å². The van der Waals surface area contributed by atoms with Crippen molar-refractivity contribution in [2.24, 2.45) is 0 Å². The zero-order valence-electron chi connectivity index (χ0n) is 11.7. The number of hydrogen-bond acceptors (Lipinski definition) is 3. The summed E-state index contributed by atoms with van der Waals surface area (Å²) in [6.07, 6.45) is 3.10. The summed E-state index contributed by atoms with van der Waals surface area (Å²) in [7, 11) is -3.40. The summed E-state index contributed by atoms with van der Waals surface area (Å²) < 4.78 is 28.3. The Bertz CT molecular complexity index is 474. The molecule has 0 radical (unpaired) electrons. The molecule has 1 heterocycles. The van der Waals surface area contributed by atoms with Gasteiger partial charge in [0.1, 0.15) is 4.90 Å². The quantitative estimate of drug-likeness (QED) is 0.763. The van der Waals surface area contributed by atoms with Crippen LogP contribution in [0.5, 0.6) is 0 Å². The highest BCUT2D eigenvalue weighted by Crippen LogP contribution is 2.20. The molecule has 0 aromatic carbocycles. The van der Waals surface area contributed by atoms with Crippen molar-refractivity contribution in [3.05, 3.63) is 11.9 Å². The first-order valence-electron chi connectivity index (χ1n) is 6.51.